The van der Waals surface area contributed by atoms with Gasteiger partial charge in [-0.25, -0.2) is 0 Å². The molecule has 0 aliphatic heterocycles. The van der Waals surface area contributed by atoms with Crippen LogP contribution in [0.4, 0.5) is 13.2 Å². The van der Waals surface area contributed by atoms with E-state index in [1.807, 2.05) is 0 Å². The van der Waals surface area contributed by atoms with Gasteiger partial charge >= 0.3 is 6.18 Å². The molecule has 0 amide bonds. The van der Waals surface area contributed by atoms with Crippen LogP contribution >= 0.6 is 23.2 Å². The van der Waals surface area contributed by atoms with E-state index in [4.69, 9.17) is 23.2 Å². The van der Waals surface area contributed by atoms with Crippen LogP contribution in [0.5, 0.6) is 0 Å². The number of alkyl halides is 5. The molecule has 0 heterocycles. The topological polar surface area (TPSA) is 20.2 Å². The van der Waals surface area contributed by atoms with Gasteiger partial charge in [0.25, 0.3) is 0 Å². The Hall–Kier alpha value is -0.450. The molecule has 1 rings (SSSR count). The summed E-state index contributed by atoms with van der Waals surface area (Å²) in [6.07, 6.45) is -5.37. The molecular formula is C11H11Cl2F3O. The Morgan fingerprint density at radius 3 is 2.06 bits per heavy atom. The number of halogens is 5. The van der Waals surface area contributed by atoms with Crippen molar-refractivity contribution in [2.75, 3.05) is 0 Å². The van der Waals surface area contributed by atoms with Crippen LogP contribution in [0.3, 0.4) is 0 Å². The predicted octanol–water partition coefficient (Wildman–Crippen LogP) is 3.72. The zero-order valence-electron chi connectivity index (χ0n) is 8.72. The summed E-state index contributed by atoms with van der Waals surface area (Å²) in [6, 6.07) is 8.52. The highest BCUT2D eigenvalue weighted by Crippen LogP contribution is 2.40. The van der Waals surface area contributed by atoms with Gasteiger partial charge in [0, 0.05) is 0 Å². The van der Waals surface area contributed by atoms with Crippen molar-refractivity contribution in [3.63, 3.8) is 0 Å². The number of aliphatic hydroxyl groups is 1. The van der Waals surface area contributed by atoms with Crippen molar-refractivity contribution in [3.05, 3.63) is 35.9 Å². The van der Waals surface area contributed by atoms with Crippen molar-refractivity contribution < 1.29 is 18.3 Å². The lowest BCUT2D eigenvalue weighted by Gasteiger charge is -2.31. The van der Waals surface area contributed by atoms with Crippen LogP contribution in [0.25, 0.3) is 0 Å². The first-order valence-electron chi connectivity index (χ1n) is 4.88. The van der Waals surface area contributed by atoms with Crippen LogP contribution in [0.15, 0.2) is 30.3 Å². The minimum absolute atomic E-state index is 0.0484. The average molecular weight is 287 g/mol. The van der Waals surface area contributed by atoms with E-state index in [1.54, 1.807) is 30.3 Å². The lowest BCUT2D eigenvalue weighted by molar-refractivity contribution is -0.256. The highest BCUT2D eigenvalue weighted by Gasteiger charge is 2.57. The van der Waals surface area contributed by atoms with E-state index in [9.17, 15) is 18.3 Å². The van der Waals surface area contributed by atoms with E-state index < -0.39 is 23.0 Å². The lowest BCUT2D eigenvalue weighted by atomic mass is 9.96. The van der Waals surface area contributed by atoms with Gasteiger partial charge in [-0.1, -0.05) is 30.3 Å². The zero-order chi connectivity index (χ0) is 13.1. The predicted molar refractivity (Wildman–Crippen MR) is 61.3 cm³/mol. The maximum atomic E-state index is 12.6. The lowest BCUT2D eigenvalue weighted by Crippen LogP contribution is -2.50. The Bertz CT molecular complexity index is 353. The Morgan fingerprint density at radius 2 is 1.65 bits per heavy atom. The van der Waals surface area contributed by atoms with Crippen LogP contribution in [0.1, 0.15) is 12.0 Å². The van der Waals surface area contributed by atoms with Crippen molar-refractivity contribution >= 4 is 23.2 Å². The van der Waals surface area contributed by atoms with Crippen LogP contribution < -0.4 is 0 Å². The molecule has 0 radical (unpaired) electrons. The van der Waals surface area contributed by atoms with E-state index in [2.05, 4.69) is 0 Å². The second-order valence-corrected chi connectivity index (χ2v) is 4.80. The quantitative estimate of drug-likeness (QED) is 0.837. The van der Waals surface area contributed by atoms with Crippen LogP contribution in [0, 0.1) is 0 Å². The molecular weight excluding hydrogens is 276 g/mol. The van der Waals surface area contributed by atoms with E-state index >= 15 is 0 Å². The third kappa shape index (κ3) is 3.50. The summed E-state index contributed by atoms with van der Waals surface area (Å²) in [6.45, 7) is 0. The second kappa shape index (κ2) is 5.46. The molecule has 0 fully saturated rings. The molecule has 0 aromatic heterocycles. The Kier molecular flexibility index (Phi) is 4.69. The fraction of sp³-hybridized carbons (Fsp3) is 0.455. The van der Waals surface area contributed by atoms with Crippen molar-refractivity contribution in [2.24, 2.45) is 0 Å². The molecule has 1 aromatic rings. The molecule has 1 N–H and O–H groups in total. The van der Waals surface area contributed by atoms with Gasteiger partial charge in [-0.3, -0.25) is 0 Å². The molecule has 1 atom stereocenters. The first kappa shape index (κ1) is 14.6. The minimum atomic E-state index is -4.85. The standard InChI is InChI=1S/C11H11Cl2F3O/c12-9(13)10(17,11(14,15)16)7-6-8-4-2-1-3-5-8/h1-5,9,17H,6-7H2. The van der Waals surface area contributed by atoms with Crippen molar-refractivity contribution in [1.29, 1.82) is 0 Å². The molecule has 0 bridgehead atoms. The number of hydrogen-bond donors (Lipinski definition) is 1. The Labute approximate surface area is 107 Å². The molecule has 1 nitrogen and oxygen atoms in total. The van der Waals surface area contributed by atoms with Gasteiger partial charge < -0.3 is 5.11 Å². The summed E-state index contributed by atoms with van der Waals surface area (Å²) in [5.41, 5.74) is -2.39. The van der Waals surface area contributed by atoms with Gasteiger partial charge in [-0.15, -0.1) is 23.2 Å². The van der Waals surface area contributed by atoms with Crippen molar-refractivity contribution in [3.8, 4) is 0 Å². The summed E-state index contributed by atoms with van der Waals surface area (Å²) < 4.78 is 37.9. The van der Waals surface area contributed by atoms with Crippen LogP contribution in [-0.4, -0.2) is 21.7 Å². The highest BCUT2D eigenvalue weighted by atomic mass is 35.5. The molecule has 0 saturated heterocycles. The zero-order valence-corrected chi connectivity index (χ0v) is 10.2. The highest BCUT2D eigenvalue weighted by molar-refractivity contribution is 6.45. The Balaban J connectivity index is 2.76. The van der Waals surface area contributed by atoms with E-state index in [0.717, 1.165) is 0 Å². The van der Waals surface area contributed by atoms with Crippen LogP contribution in [-0.2, 0) is 6.42 Å². The minimum Gasteiger partial charge on any atom is -0.378 e. The second-order valence-electron chi connectivity index (χ2n) is 3.71. The fourth-order valence-electron chi connectivity index (χ4n) is 1.35. The molecule has 17 heavy (non-hydrogen) atoms. The fourth-order valence-corrected chi connectivity index (χ4v) is 1.82. The third-order valence-corrected chi connectivity index (χ3v) is 3.21. The summed E-state index contributed by atoms with van der Waals surface area (Å²) in [5, 5.41) is 9.50. The number of aryl methyl sites for hydroxylation is 1. The SMILES string of the molecule is OC(CCc1ccccc1)(C(Cl)Cl)C(F)(F)F. The number of hydrogen-bond acceptors (Lipinski definition) is 1. The van der Waals surface area contributed by atoms with Gasteiger partial charge in [0.15, 0.2) is 5.60 Å². The summed E-state index contributed by atoms with van der Waals surface area (Å²) >= 11 is 10.5. The maximum absolute atomic E-state index is 12.6. The van der Waals surface area contributed by atoms with Gasteiger partial charge in [-0.05, 0) is 18.4 Å². The summed E-state index contributed by atoms with van der Waals surface area (Å²) in [7, 11) is 0. The number of benzene rings is 1. The van der Waals surface area contributed by atoms with Gasteiger partial charge in [-0.2, -0.15) is 13.2 Å². The molecule has 0 saturated carbocycles. The van der Waals surface area contributed by atoms with E-state index in [0.29, 0.717) is 5.56 Å². The first-order valence-corrected chi connectivity index (χ1v) is 5.76. The molecule has 6 heteroatoms. The number of rotatable bonds is 4. The van der Waals surface area contributed by atoms with E-state index in [1.165, 1.54) is 0 Å². The first-order chi connectivity index (χ1) is 7.77. The van der Waals surface area contributed by atoms with Crippen molar-refractivity contribution in [1.82, 2.24) is 0 Å². The smallest absolute Gasteiger partial charge is 0.378 e. The van der Waals surface area contributed by atoms with Crippen molar-refractivity contribution in [2.45, 2.75) is 29.5 Å². The molecule has 1 unspecified atom stereocenters. The largest absolute Gasteiger partial charge is 0.419 e. The summed E-state index contributed by atoms with van der Waals surface area (Å²) in [5.74, 6) is 0. The van der Waals surface area contributed by atoms with Crippen LogP contribution in [0.2, 0.25) is 0 Å². The van der Waals surface area contributed by atoms with Gasteiger partial charge in [0.2, 0.25) is 0 Å². The van der Waals surface area contributed by atoms with Gasteiger partial charge in [0.1, 0.15) is 4.84 Å². The molecule has 96 valence electrons. The van der Waals surface area contributed by atoms with Gasteiger partial charge in [0.05, 0.1) is 0 Å². The molecule has 1 aromatic carbocycles. The molecule has 0 spiro atoms. The Morgan fingerprint density at radius 1 is 1.12 bits per heavy atom. The van der Waals surface area contributed by atoms with E-state index in [-0.39, 0.29) is 6.42 Å². The third-order valence-electron chi connectivity index (χ3n) is 2.49. The normalized spacial score (nSPS) is 15.9. The monoisotopic (exact) mass is 286 g/mol. The maximum Gasteiger partial charge on any atom is 0.419 e. The molecule has 0 aliphatic carbocycles. The summed E-state index contributed by atoms with van der Waals surface area (Å²) in [4.78, 5) is -1.91. The average Bonchev–Trinajstić information content (AvgIpc) is 2.25. The molecule has 0 aliphatic rings.